The maximum Gasteiger partial charge on any atom is 0.177 e. The molecule has 0 unspecified atom stereocenters. The summed E-state index contributed by atoms with van der Waals surface area (Å²) in [7, 11) is 0. The van der Waals surface area contributed by atoms with Crippen molar-refractivity contribution >= 4 is 0 Å². The first kappa shape index (κ1) is 11.4. The number of nitriles is 3. The topological polar surface area (TPSA) is 89.2 Å². The Morgan fingerprint density at radius 2 is 1.89 bits per heavy atom. The van der Waals surface area contributed by atoms with E-state index < -0.39 is 0 Å². The average molecular weight is 233 g/mol. The van der Waals surface area contributed by atoms with Crippen molar-refractivity contribution in [2.75, 3.05) is 0 Å². The van der Waals surface area contributed by atoms with Gasteiger partial charge < -0.3 is 0 Å². The number of imidazole rings is 1. The number of nitrogens with zero attached hydrogens (tertiary/aromatic N) is 5. The molecule has 0 spiro atoms. The van der Waals surface area contributed by atoms with E-state index >= 15 is 0 Å². The number of hydrogen-bond acceptors (Lipinski definition) is 4. The van der Waals surface area contributed by atoms with Gasteiger partial charge in [-0.15, -0.1) is 0 Å². The van der Waals surface area contributed by atoms with Crippen molar-refractivity contribution in [2.24, 2.45) is 0 Å². The molecule has 0 fully saturated rings. The molecule has 0 saturated heterocycles. The molecule has 0 atom stereocenters. The minimum atomic E-state index is 0.0574. The van der Waals surface area contributed by atoms with E-state index in [4.69, 9.17) is 15.8 Å². The molecule has 5 heteroatoms. The first-order valence-electron chi connectivity index (χ1n) is 5.10. The van der Waals surface area contributed by atoms with Crippen molar-refractivity contribution in [3.8, 4) is 23.9 Å². The van der Waals surface area contributed by atoms with Gasteiger partial charge in [-0.05, 0) is 24.6 Å². The molecule has 0 bridgehead atoms. The molecule has 2 aromatic rings. The van der Waals surface area contributed by atoms with Crippen LogP contribution in [0, 0.1) is 40.9 Å². The molecule has 0 saturated carbocycles. The van der Waals surface area contributed by atoms with Crippen LogP contribution in [0.2, 0.25) is 0 Å². The van der Waals surface area contributed by atoms with Gasteiger partial charge in [0.2, 0.25) is 0 Å². The lowest BCUT2D eigenvalue weighted by Crippen LogP contribution is -2.00. The van der Waals surface area contributed by atoms with Crippen LogP contribution in [0.25, 0.3) is 5.69 Å². The highest BCUT2D eigenvalue weighted by atomic mass is 15.1. The second kappa shape index (κ2) is 4.41. The largest absolute Gasteiger partial charge is 0.288 e. The Labute approximate surface area is 104 Å². The van der Waals surface area contributed by atoms with Gasteiger partial charge in [-0.3, -0.25) is 4.57 Å². The molecule has 1 aromatic carbocycles. The monoisotopic (exact) mass is 233 g/mol. The standard InChI is InChI=1S/C13H7N5/c1-9-2-3-12(10(4-9)5-14)18-8-17-11(6-15)13(18)7-16/h2-4,8H,1H3. The van der Waals surface area contributed by atoms with Crippen LogP contribution in [0.5, 0.6) is 0 Å². The van der Waals surface area contributed by atoms with Gasteiger partial charge in [0.05, 0.1) is 11.3 Å². The first-order chi connectivity index (χ1) is 8.71. The summed E-state index contributed by atoms with van der Waals surface area (Å²) in [5.41, 5.74) is 2.14. The summed E-state index contributed by atoms with van der Waals surface area (Å²) in [6, 6.07) is 11.1. The van der Waals surface area contributed by atoms with E-state index in [2.05, 4.69) is 11.1 Å². The summed E-state index contributed by atoms with van der Waals surface area (Å²) in [6.07, 6.45) is 1.38. The maximum absolute atomic E-state index is 9.10. The van der Waals surface area contributed by atoms with Crippen molar-refractivity contribution in [3.05, 3.63) is 47.0 Å². The zero-order chi connectivity index (χ0) is 13.1. The Balaban J connectivity index is 2.72. The number of hydrogen-bond donors (Lipinski definition) is 0. The van der Waals surface area contributed by atoms with Crippen molar-refractivity contribution in [3.63, 3.8) is 0 Å². The summed E-state index contributed by atoms with van der Waals surface area (Å²) in [5.74, 6) is 0. The zero-order valence-corrected chi connectivity index (χ0v) is 9.55. The van der Waals surface area contributed by atoms with Gasteiger partial charge in [-0.2, -0.15) is 15.8 Å². The number of aromatic nitrogens is 2. The van der Waals surface area contributed by atoms with E-state index in [1.54, 1.807) is 12.1 Å². The first-order valence-corrected chi connectivity index (χ1v) is 5.10. The van der Waals surface area contributed by atoms with Crippen LogP contribution in [0.4, 0.5) is 0 Å². The third-order valence-corrected chi connectivity index (χ3v) is 2.51. The van der Waals surface area contributed by atoms with Crippen LogP contribution >= 0.6 is 0 Å². The highest BCUT2D eigenvalue weighted by molar-refractivity contribution is 5.54. The molecule has 18 heavy (non-hydrogen) atoms. The second-order valence-corrected chi connectivity index (χ2v) is 3.67. The molecule has 0 aliphatic heterocycles. The fourth-order valence-corrected chi connectivity index (χ4v) is 1.67. The number of benzene rings is 1. The van der Waals surface area contributed by atoms with Gasteiger partial charge >= 0.3 is 0 Å². The normalized spacial score (nSPS) is 9.22. The SMILES string of the molecule is Cc1ccc(-n2cnc(C#N)c2C#N)c(C#N)c1. The highest BCUT2D eigenvalue weighted by Crippen LogP contribution is 2.19. The minimum Gasteiger partial charge on any atom is -0.288 e. The van der Waals surface area contributed by atoms with Crippen molar-refractivity contribution < 1.29 is 0 Å². The lowest BCUT2D eigenvalue weighted by molar-refractivity contribution is 1.03. The van der Waals surface area contributed by atoms with Gasteiger partial charge in [0.25, 0.3) is 0 Å². The lowest BCUT2D eigenvalue weighted by Gasteiger charge is -2.06. The van der Waals surface area contributed by atoms with Crippen molar-refractivity contribution in [1.82, 2.24) is 9.55 Å². The van der Waals surface area contributed by atoms with E-state index in [0.29, 0.717) is 11.3 Å². The predicted octanol–water partition coefficient (Wildman–Crippen LogP) is 1.80. The van der Waals surface area contributed by atoms with E-state index in [-0.39, 0.29) is 11.4 Å². The molecule has 0 aliphatic carbocycles. The molecular weight excluding hydrogens is 226 g/mol. The second-order valence-electron chi connectivity index (χ2n) is 3.67. The van der Waals surface area contributed by atoms with Gasteiger partial charge in [0.15, 0.2) is 11.4 Å². The molecule has 1 heterocycles. The molecule has 0 N–H and O–H groups in total. The van der Waals surface area contributed by atoms with Gasteiger partial charge in [0.1, 0.15) is 24.5 Å². The minimum absolute atomic E-state index is 0.0574. The van der Waals surface area contributed by atoms with Crippen LogP contribution in [0.1, 0.15) is 22.5 Å². The number of rotatable bonds is 1. The van der Waals surface area contributed by atoms with Crippen LogP contribution in [-0.2, 0) is 0 Å². The molecule has 1 aromatic heterocycles. The summed E-state index contributed by atoms with van der Waals surface area (Å²) < 4.78 is 1.45. The van der Waals surface area contributed by atoms with Gasteiger partial charge in [-0.25, -0.2) is 4.98 Å². The average Bonchev–Trinajstić information content (AvgIpc) is 2.81. The van der Waals surface area contributed by atoms with Crippen LogP contribution in [-0.4, -0.2) is 9.55 Å². The summed E-state index contributed by atoms with van der Waals surface area (Å²) in [5, 5.41) is 27.0. The Hall–Kier alpha value is -3.10. The van der Waals surface area contributed by atoms with Crippen molar-refractivity contribution in [2.45, 2.75) is 6.92 Å². The molecule has 2 rings (SSSR count). The van der Waals surface area contributed by atoms with E-state index in [1.807, 2.05) is 25.1 Å². The summed E-state index contributed by atoms with van der Waals surface area (Å²) in [6.45, 7) is 1.88. The Kier molecular flexibility index (Phi) is 2.79. The van der Waals surface area contributed by atoms with E-state index in [0.717, 1.165) is 5.56 Å². The molecule has 0 amide bonds. The van der Waals surface area contributed by atoms with E-state index in [1.165, 1.54) is 10.9 Å². The maximum atomic E-state index is 9.10. The summed E-state index contributed by atoms with van der Waals surface area (Å²) >= 11 is 0. The number of aryl methyl sites for hydroxylation is 1. The van der Waals surface area contributed by atoms with E-state index in [9.17, 15) is 0 Å². The Morgan fingerprint density at radius 1 is 1.11 bits per heavy atom. The van der Waals surface area contributed by atoms with Gasteiger partial charge in [0, 0.05) is 0 Å². The molecule has 0 radical (unpaired) electrons. The van der Waals surface area contributed by atoms with Crippen LogP contribution < -0.4 is 0 Å². The fraction of sp³-hybridized carbons (Fsp3) is 0.0769. The fourth-order valence-electron chi connectivity index (χ4n) is 1.67. The third-order valence-electron chi connectivity index (χ3n) is 2.51. The molecule has 5 nitrogen and oxygen atoms in total. The predicted molar refractivity (Wildman–Crippen MR) is 62.4 cm³/mol. The zero-order valence-electron chi connectivity index (χ0n) is 9.55. The van der Waals surface area contributed by atoms with Crippen molar-refractivity contribution in [1.29, 1.82) is 15.8 Å². The Morgan fingerprint density at radius 3 is 2.50 bits per heavy atom. The highest BCUT2D eigenvalue weighted by Gasteiger charge is 2.14. The molecule has 84 valence electrons. The van der Waals surface area contributed by atoms with Crippen LogP contribution in [0.3, 0.4) is 0 Å². The van der Waals surface area contributed by atoms with Crippen LogP contribution in [0.15, 0.2) is 24.5 Å². The molecular formula is C13H7N5. The Bertz CT molecular complexity index is 734. The quantitative estimate of drug-likeness (QED) is 0.751. The third kappa shape index (κ3) is 1.69. The van der Waals surface area contributed by atoms with Gasteiger partial charge in [-0.1, -0.05) is 6.07 Å². The molecule has 0 aliphatic rings. The lowest BCUT2D eigenvalue weighted by atomic mass is 10.1. The summed E-state index contributed by atoms with van der Waals surface area (Å²) in [4.78, 5) is 3.85. The smallest absolute Gasteiger partial charge is 0.177 e.